The zero-order valence-electron chi connectivity index (χ0n) is 10.7. The van der Waals surface area contributed by atoms with Gasteiger partial charge in [-0.15, -0.1) is 11.3 Å². The van der Waals surface area contributed by atoms with Crippen LogP contribution in [0.1, 0.15) is 22.3 Å². The maximum atomic E-state index is 12.4. The molecule has 0 aliphatic carbocycles. The Balaban J connectivity index is 2.15. The number of hydrazine groups is 1. The highest BCUT2D eigenvalue weighted by molar-refractivity contribution is 7.09. The highest BCUT2D eigenvalue weighted by Gasteiger charge is 2.16. The molecule has 0 saturated heterocycles. The summed E-state index contributed by atoms with van der Waals surface area (Å²) >= 11 is 1.64. The SMILES string of the molecule is CCN(Cc1cccs1)C(=O)c1cccc(NN)n1. The fraction of sp³-hybridized carbons (Fsp3) is 0.231. The van der Waals surface area contributed by atoms with Gasteiger partial charge < -0.3 is 10.3 Å². The monoisotopic (exact) mass is 276 g/mol. The zero-order valence-corrected chi connectivity index (χ0v) is 11.5. The number of aromatic nitrogens is 1. The van der Waals surface area contributed by atoms with Gasteiger partial charge in [0.1, 0.15) is 11.5 Å². The molecule has 0 bridgehead atoms. The molecule has 0 unspecified atom stereocenters. The van der Waals surface area contributed by atoms with E-state index in [1.165, 1.54) is 0 Å². The van der Waals surface area contributed by atoms with Crippen molar-refractivity contribution in [3.05, 3.63) is 46.3 Å². The maximum Gasteiger partial charge on any atom is 0.272 e. The van der Waals surface area contributed by atoms with Crippen molar-refractivity contribution in [2.45, 2.75) is 13.5 Å². The van der Waals surface area contributed by atoms with Crippen LogP contribution in [0.15, 0.2) is 35.7 Å². The Bertz CT molecular complexity index is 541. The molecule has 0 radical (unpaired) electrons. The molecule has 3 N–H and O–H groups in total. The number of nitrogens with two attached hydrogens (primary N) is 1. The Morgan fingerprint density at radius 3 is 2.89 bits per heavy atom. The molecule has 100 valence electrons. The molecule has 0 aromatic carbocycles. The van der Waals surface area contributed by atoms with Gasteiger partial charge in [-0.25, -0.2) is 10.8 Å². The van der Waals surface area contributed by atoms with Gasteiger partial charge in [0.15, 0.2) is 0 Å². The molecule has 0 aliphatic heterocycles. The van der Waals surface area contributed by atoms with E-state index in [9.17, 15) is 4.79 Å². The number of anilines is 1. The van der Waals surface area contributed by atoms with Crippen LogP contribution in [-0.4, -0.2) is 22.3 Å². The van der Waals surface area contributed by atoms with Gasteiger partial charge in [0.05, 0.1) is 6.54 Å². The average Bonchev–Trinajstić information content (AvgIpc) is 2.97. The molecule has 1 amide bonds. The summed E-state index contributed by atoms with van der Waals surface area (Å²) in [5.41, 5.74) is 2.84. The summed E-state index contributed by atoms with van der Waals surface area (Å²) in [6.45, 7) is 3.20. The summed E-state index contributed by atoms with van der Waals surface area (Å²) in [5, 5.41) is 2.00. The van der Waals surface area contributed by atoms with Gasteiger partial charge in [-0.3, -0.25) is 4.79 Å². The molecule has 5 nitrogen and oxygen atoms in total. The van der Waals surface area contributed by atoms with Crippen LogP contribution in [0.25, 0.3) is 0 Å². The summed E-state index contributed by atoms with van der Waals surface area (Å²) in [4.78, 5) is 19.4. The number of pyridine rings is 1. The lowest BCUT2D eigenvalue weighted by atomic mass is 10.3. The van der Waals surface area contributed by atoms with Gasteiger partial charge in [-0.05, 0) is 30.5 Å². The third-order valence-electron chi connectivity index (χ3n) is 2.71. The predicted octanol–water partition coefficient (Wildman–Crippen LogP) is 2.09. The van der Waals surface area contributed by atoms with Crippen LogP contribution in [0.2, 0.25) is 0 Å². The zero-order chi connectivity index (χ0) is 13.7. The van der Waals surface area contributed by atoms with Crippen LogP contribution < -0.4 is 11.3 Å². The second kappa shape index (κ2) is 6.31. The second-order valence-corrected chi connectivity index (χ2v) is 4.98. The molecule has 6 heteroatoms. The van der Waals surface area contributed by atoms with Crippen LogP contribution in [0.5, 0.6) is 0 Å². The van der Waals surface area contributed by atoms with E-state index in [0.717, 1.165) is 4.88 Å². The van der Waals surface area contributed by atoms with Crippen LogP contribution in [0.4, 0.5) is 5.82 Å². The molecular weight excluding hydrogens is 260 g/mol. The molecule has 2 aromatic heterocycles. The van der Waals surface area contributed by atoms with Gasteiger partial charge >= 0.3 is 0 Å². The first-order valence-electron chi connectivity index (χ1n) is 6.00. The van der Waals surface area contributed by atoms with Crippen molar-refractivity contribution in [2.24, 2.45) is 5.84 Å². The van der Waals surface area contributed by atoms with E-state index in [-0.39, 0.29) is 5.91 Å². The molecule has 0 atom stereocenters. The molecule has 2 rings (SSSR count). The lowest BCUT2D eigenvalue weighted by molar-refractivity contribution is 0.0748. The summed E-state index contributed by atoms with van der Waals surface area (Å²) < 4.78 is 0. The second-order valence-electron chi connectivity index (χ2n) is 3.95. The smallest absolute Gasteiger partial charge is 0.272 e. The lowest BCUT2D eigenvalue weighted by Gasteiger charge is -2.19. The Morgan fingerprint density at radius 1 is 1.42 bits per heavy atom. The summed E-state index contributed by atoms with van der Waals surface area (Å²) in [6, 6.07) is 9.17. The third kappa shape index (κ3) is 3.30. The number of nitrogen functional groups attached to an aromatic ring is 1. The molecule has 0 fully saturated rings. The summed E-state index contributed by atoms with van der Waals surface area (Å²) in [5.74, 6) is 5.70. The summed E-state index contributed by atoms with van der Waals surface area (Å²) in [7, 11) is 0. The van der Waals surface area contributed by atoms with Gasteiger partial charge in [0.2, 0.25) is 0 Å². The fourth-order valence-corrected chi connectivity index (χ4v) is 2.43. The number of thiophene rings is 1. The van der Waals surface area contributed by atoms with Crippen molar-refractivity contribution in [3.63, 3.8) is 0 Å². The first-order chi connectivity index (χ1) is 9.24. The van der Waals surface area contributed by atoms with Gasteiger partial charge in [0.25, 0.3) is 5.91 Å². The Labute approximate surface area is 116 Å². The number of hydrogen-bond donors (Lipinski definition) is 2. The standard InChI is InChI=1S/C13H16N4OS/c1-2-17(9-10-5-4-8-19-10)13(18)11-6-3-7-12(15-11)16-14/h3-8H,2,9,14H2,1H3,(H,15,16). The van der Waals surface area contributed by atoms with E-state index < -0.39 is 0 Å². The Kier molecular flexibility index (Phi) is 4.48. The molecule has 0 spiro atoms. The fourth-order valence-electron chi connectivity index (χ4n) is 1.71. The van der Waals surface area contributed by atoms with E-state index in [4.69, 9.17) is 5.84 Å². The molecule has 19 heavy (non-hydrogen) atoms. The molecule has 2 heterocycles. The van der Waals surface area contributed by atoms with Gasteiger partial charge in [-0.2, -0.15) is 0 Å². The maximum absolute atomic E-state index is 12.4. The number of carbonyl (C=O) groups excluding carboxylic acids is 1. The van der Waals surface area contributed by atoms with Crippen molar-refractivity contribution in [2.75, 3.05) is 12.0 Å². The number of amides is 1. The van der Waals surface area contributed by atoms with Gasteiger partial charge in [-0.1, -0.05) is 12.1 Å². The minimum absolute atomic E-state index is 0.0898. The van der Waals surface area contributed by atoms with E-state index >= 15 is 0 Å². The molecule has 2 aromatic rings. The molecule has 0 aliphatic rings. The Morgan fingerprint density at radius 2 is 2.26 bits per heavy atom. The van der Waals surface area contributed by atoms with E-state index in [1.807, 2.05) is 24.4 Å². The van der Waals surface area contributed by atoms with E-state index in [2.05, 4.69) is 10.4 Å². The van der Waals surface area contributed by atoms with Crippen LogP contribution in [0, 0.1) is 0 Å². The highest BCUT2D eigenvalue weighted by Crippen LogP contribution is 2.14. The van der Waals surface area contributed by atoms with E-state index in [1.54, 1.807) is 34.4 Å². The minimum Gasteiger partial charge on any atom is -0.332 e. The first-order valence-corrected chi connectivity index (χ1v) is 6.88. The minimum atomic E-state index is -0.0898. The highest BCUT2D eigenvalue weighted by atomic mass is 32.1. The largest absolute Gasteiger partial charge is 0.332 e. The number of nitrogens with one attached hydrogen (secondary N) is 1. The van der Waals surface area contributed by atoms with Crippen molar-refractivity contribution >= 4 is 23.1 Å². The molecular formula is C13H16N4OS. The van der Waals surface area contributed by atoms with Crippen LogP contribution >= 0.6 is 11.3 Å². The van der Waals surface area contributed by atoms with Crippen molar-refractivity contribution in [3.8, 4) is 0 Å². The summed E-state index contributed by atoms with van der Waals surface area (Å²) in [6.07, 6.45) is 0. The van der Waals surface area contributed by atoms with Crippen molar-refractivity contribution < 1.29 is 4.79 Å². The quantitative estimate of drug-likeness (QED) is 0.648. The van der Waals surface area contributed by atoms with Crippen LogP contribution in [-0.2, 0) is 6.54 Å². The lowest BCUT2D eigenvalue weighted by Crippen LogP contribution is -2.30. The van der Waals surface area contributed by atoms with Gasteiger partial charge in [0, 0.05) is 11.4 Å². The predicted molar refractivity (Wildman–Crippen MR) is 76.8 cm³/mol. The number of rotatable bonds is 5. The topological polar surface area (TPSA) is 71.2 Å². The number of carbonyl (C=O) groups is 1. The Hall–Kier alpha value is -1.92. The van der Waals surface area contributed by atoms with Crippen molar-refractivity contribution in [1.29, 1.82) is 0 Å². The number of hydrogen-bond acceptors (Lipinski definition) is 5. The number of nitrogens with zero attached hydrogens (tertiary/aromatic N) is 2. The molecule has 0 saturated carbocycles. The third-order valence-corrected chi connectivity index (χ3v) is 3.57. The van der Waals surface area contributed by atoms with Crippen LogP contribution in [0.3, 0.4) is 0 Å². The average molecular weight is 276 g/mol. The normalized spacial score (nSPS) is 10.2. The van der Waals surface area contributed by atoms with E-state index in [0.29, 0.717) is 24.6 Å². The first kappa shape index (κ1) is 13.5. The van der Waals surface area contributed by atoms with Crippen molar-refractivity contribution in [1.82, 2.24) is 9.88 Å².